The fourth-order valence-electron chi connectivity index (χ4n) is 3.58. The number of aryl methyl sites for hydroxylation is 2. The minimum Gasteiger partial charge on any atom is -0.368 e. The van der Waals surface area contributed by atoms with Gasteiger partial charge in [-0.1, -0.05) is 11.6 Å². The summed E-state index contributed by atoms with van der Waals surface area (Å²) in [6, 6.07) is 7.82. The lowest BCUT2D eigenvalue weighted by Crippen LogP contribution is -2.33. The molecule has 0 radical (unpaired) electrons. The molecule has 0 bridgehead atoms. The fraction of sp³-hybridized carbons (Fsp3) is 0.429. The van der Waals surface area contributed by atoms with Crippen LogP contribution in [0.3, 0.4) is 0 Å². The molecule has 0 unspecified atom stereocenters. The quantitative estimate of drug-likeness (QED) is 0.352. The fourth-order valence-corrected chi connectivity index (χ4v) is 7.21. The van der Waals surface area contributed by atoms with Gasteiger partial charge >= 0.3 is 0 Å². The lowest BCUT2D eigenvalue weighted by atomic mass is 10.2. The number of hydrogen-bond donors (Lipinski definition) is 2. The molecule has 31 heavy (non-hydrogen) atoms. The van der Waals surface area contributed by atoms with Crippen LogP contribution in [0.25, 0.3) is 10.2 Å². The molecule has 166 valence electrons. The van der Waals surface area contributed by atoms with E-state index in [9.17, 15) is 8.42 Å². The van der Waals surface area contributed by atoms with Crippen molar-refractivity contribution in [1.82, 2.24) is 15.3 Å². The van der Waals surface area contributed by atoms with Crippen LogP contribution in [0.2, 0.25) is 5.02 Å². The zero-order chi connectivity index (χ0) is 22.0. The largest absolute Gasteiger partial charge is 0.368 e. The van der Waals surface area contributed by atoms with Crippen molar-refractivity contribution in [2.24, 2.45) is 0 Å². The minimum atomic E-state index is -2.87. The third kappa shape index (κ3) is 5.70. The van der Waals surface area contributed by atoms with Crippen molar-refractivity contribution < 1.29 is 8.42 Å². The standard InChI is InChI=1S/C21H25ClN4O2S3/c1-13-14(2)30-21-19(13)20(24-9-8-23-16-7-10-31(27,28)12-16)25-18(26-21)11-29-17-5-3-15(22)4-6-17/h3-6,16,23H,7-12H2,1-2H3,(H,24,25,26)/t16-/m1/s1. The summed E-state index contributed by atoms with van der Waals surface area (Å²) in [6.45, 7) is 5.56. The van der Waals surface area contributed by atoms with E-state index in [0.717, 1.165) is 31.8 Å². The van der Waals surface area contributed by atoms with Crippen molar-refractivity contribution >= 4 is 60.6 Å². The maximum atomic E-state index is 11.6. The second-order valence-electron chi connectivity index (χ2n) is 7.68. The van der Waals surface area contributed by atoms with Gasteiger partial charge in [-0.15, -0.1) is 23.1 Å². The molecule has 1 fully saturated rings. The van der Waals surface area contributed by atoms with Gasteiger partial charge in [0.05, 0.1) is 22.6 Å². The summed E-state index contributed by atoms with van der Waals surface area (Å²) in [5.74, 6) is 2.82. The molecule has 1 aliphatic rings. The molecular weight excluding hydrogens is 472 g/mol. The Labute approximate surface area is 196 Å². The third-order valence-corrected chi connectivity index (χ3v) is 9.47. The molecule has 1 atom stereocenters. The molecule has 1 saturated heterocycles. The van der Waals surface area contributed by atoms with Crippen LogP contribution in [0, 0.1) is 13.8 Å². The number of nitrogens with zero attached hydrogens (tertiary/aromatic N) is 2. The first-order chi connectivity index (χ1) is 14.8. The number of fused-ring (bicyclic) bond motifs is 1. The molecule has 2 aromatic heterocycles. The van der Waals surface area contributed by atoms with E-state index in [4.69, 9.17) is 21.6 Å². The molecule has 3 heterocycles. The second kappa shape index (κ2) is 9.62. The number of thioether (sulfide) groups is 1. The van der Waals surface area contributed by atoms with Gasteiger partial charge in [-0.2, -0.15) is 0 Å². The average molecular weight is 497 g/mol. The number of thiophene rings is 1. The number of nitrogens with one attached hydrogen (secondary N) is 2. The van der Waals surface area contributed by atoms with Crippen molar-refractivity contribution in [3.8, 4) is 0 Å². The zero-order valence-corrected chi connectivity index (χ0v) is 20.6. The third-order valence-electron chi connectivity index (χ3n) is 5.34. The highest BCUT2D eigenvalue weighted by molar-refractivity contribution is 7.98. The summed E-state index contributed by atoms with van der Waals surface area (Å²) in [7, 11) is -2.87. The van der Waals surface area contributed by atoms with E-state index in [1.165, 1.54) is 10.4 Å². The van der Waals surface area contributed by atoms with Crippen LogP contribution in [0.5, 0.6) is 0 Å². The summed E-state index contributed by atoms with van der Waals surface area (Å²) in [5, 5.41) is 8.59. The van der Waals surface area contributed by atoms with Crippen molar-refractivity contribution in [2.45, 2.75) is 37.0 Å². The van der Waals surface area contributed by atoms with Crippen LogP contribution in [0.1, 0.15) is 22.7 Å². The molecule has 3 aromatic rings. The topological polar surface area (TPSA) is 84.0 Å². The summed E-state index contributed by atoms with van der Waals surface area (Å²) < 4.78 is 23.2. The first kappa shape index (κ1) is 22.8. The first-order valence-electron chi connectivity index (χ1n) is 10.1. The van der Waals surface area contributed by atoms with Gasteiger partial charge in [-0.05, 0) is 50.1 Å². The lowest BCUT2D eigenvalue weighted by Gasteiger charge is -2.13. The highest BCUT2D eigenvalue weighted by Crippen LogP contribution is 2.34. The van der Waals surface area contributed by atoms with Gasteiger partial charge in [0.15, 0.2) is 9.84 Å². The number of benzene rings is 1. The Hall–Kier alpha value is -1.39. The molecule has 0 amide bonds. The highest BCUT2D eigenvalue weighted by Gasteiger charge is 2.27. The molecule has 4 rings (SSSR count). The lowest BCUT2D eigenvalue weighted by molar-refractivity contribution is 0.565. The summed E-state index contributed by atoms with van der Waals surface area (Å²) >= 11 is 9.34. The molecule has 2 N–H and O–H groups in total. The van der Waals surface area contributed by atoms with Gasteiger partial charge in [0.2, 0.25) is 0 Å². The number of hydrogen-bond acceptors (Lipinski definition) is 8. The Bertz CT molecular complexity index is 1180. The molecule has 1 aromatic carbocycles. The first-order valence-corrected chi connectivity index (χ1v) is 14.1. The van der Waals surface area contributed by atoms with Gasteiger partial charge in [0.25, 0.3) is 0 Å². The monoisotopic (exact) mass is 496 g/mol. The maximum Gasteiger partial charge on any atom is 0.151 e. The van der Waals surface area contributed by atoms with Crippen LogP contribution < -0.4 is 10.6 Å². The summed E-state index contributed by atoms with van der Waals surface area (Å²) in [6.07, 6.45) is 0.689. The molecule has 1 aliphatic heterocycles. The summed E-state index contributed by atoms with van der Waals surface area (Å²) in [5.41, 5.74) is 1.20. The van der Waals surface area contributed by atoms with Crippen LogP contribution in [-0.2, 0) is 15.6 Å². The van der Waals surface area contributed by atoms with Crippen LogP contribution in [-0.4, -0.2) is 49.0 Å². The van der Waals surface area contributed by atoms with Crippen LogP contribution >= 0.6 is 34.7 Å². The molecule has 10 heteroatoms. The van der Waals surface area contributed by atoms with Crippen LogP contribution in [0.4, 0.5) is 5.82 Å². The molecule has 0 saturated carbocycles. The van der Waals surface area contributed by atoms with E-state index in [2.05, 4.69) is 24.5 Å². The predicted molar refractivity (Wildman–Crippen MR) is 131 cm³/mol. The smallest absolute Gasteiger partial charge is 0.151 e. The number of sulfone groups is 1. The molecule has 6 nitrogen and oxygen atoms in total. The maximum absolute atomic E-state index is 11.6. The van der Waals surface area contributed by atoms with Gasteiger partial charge in [0, 0.05) is 33.9 Å². The van der Waals surface area contributed by atoms with Gasteiger partial charge in [-0.25, -0.2) is 18.4 Å². The average Bonchev–Trinajstić information content (AvgIpc) is 3.22. The van der Waals surface area contributed by atoms with Gasteiger partial charge in [0.1, 0.15) is 16.5 Å². The minimum absolute atomic E-state index is 0.0497. The second-order valence-corrected chi connectivity index (χ2v) is 12.6. The predicted octanol–water partition coefficient (Wildman–Crippen LogP) is 4.44. The van der Waals surface area contributed by atoms with Crippen molar-refractivity contribution in [3.05, 3.63) is 45.6 Å². The van der Waals surface area contributed by atoms with Crippen molar-refractivity contribution in [3.63, 3.8) is 0 Å². The number of halogens is 1. The Morgan fingerprint density at radius 1 is 1.19 bits per heavy atom. The highest BCUT2D eigenvalue weighted by atomic mass is 35.5. The van der Waals surface area contributed by atoms with Crippen LogP contribution in [0.15, 0.2) is 29.2 Å². The van der Waals surface area contributed by atoms with Crippen molar-refractivity contribution in [1.29, 1.82) is 0 Å². The van der Waals surface area contributed by atoms with E-state index in [-0.39, 0.29) is 17.5 Å². The zero-order valence-electron chi connectivity index (χ0n) is 17.4. The number of anilines is 1. The van der Waals surface area contributed by atoms with Gasteiger partial charge in [-0.3, -0.25) is 0 Å². The molecule has 0 aliphatic carbocycles. The van der Waals surface area contributed by atoms with E-state index in [1.54, 1.807) is 23.1 Å². The van der Waals surface area contributed by atoms with E-state index >= 15 is 0 Å². The molecule has 0 spiro atoms. The Kier molecular flexibility index (Phi) is 7.07. The van der Waals surface area contributed by atoms with Crippen molar-refractivity contribution in [2.75, 3.05) is 29.9 Å². The Balaban J connectivity index is 1.44. The van der Waals surface area contributed by atoms with E-state index < -0.39 is 9.84 Å². The normalized spacial score (nSPS) is 18.0. The van der Waals surface area contributed by atoms with Gasteiger partial charge < -0.3 is 10.6 Å². The molecular formula is C21H25ClN4O2S3. The Morgan fingerprint density at radius 3 is 2.68 bits per heavy atom. The number of rotatable bonds is 8. The Morgan fingerprint density at radius 2 is 1.97 bits per heavy atom. The SMILES string of the molecule is Cc1sc2nc(CSc3ccc(Cl)cc3)nc(NCCN[C@@H]3CCS(=O)(=O)C3)c2c1C. The van der Waals surface area contributed by atoms with E-state index in [0.29, 0.717) is 25.3 Å². The van der Waals surface area contributed by atoms with E-state index in [1.807, 2.05) is 24.3 Å². The summed E-state index contributed by atoms with van der Waals surface area (Å²) in [4.78, 5) is 13.0. The number of aromatic nitrogens is 2.